The van der Waals surface area contributed by atoms with Crippen LogP contribution in [-0.4, -0.2) is 15.1 Å². The minimum absolute atomic E-state index is 0.00134. The summed E-state index contributed by atoms with van der Waals surface area (Å²) in [6.07, 6.45) is 0. The third-order valence-electron chi connectivity index (χ3n) is 1.52. The molecular weight excluding hydrogens is 240 g/mol. The number of fused-ring (bicyclic) bond motifs is 1. The molecule has 2 aromatic rings. The highest BCUT2D eigenvalue weighted by Gasteiger charge is 2.05. The van der Waals surface area contributed by atoms with Crippen LogP contribution in [0.5, 0.6) is 0 Å². The first-order chi connectivity index (χ1) is 5.81. The number of pyridine rings is 1. The number of aliphatic hydroxyl groups excluding tert-OH is 1. The molecule has 0 unspecified atom stereocenters. The van der Waals surface area contributed by atoms with E-state index in [1.165, 1.54) is 11.3 Å². The first-order valence-electron chi connectivity index (χ1n) is 3.30. The van der Waals surface area contributed by atoms with Crippen LogP contribution in [0, 0.1) is 0 Å². The summed E-state index contributed by atoms with van der Waals surface area (Å²) in [4.78, 5) is 9.17. The van der Waals surface area contributed by atoms with Gasteiger partial charge in [0.25, 0.3) is 0 Å². The lowest BCUT2D eigenvalue weighted by Crippen LogP contribution is -1.87. The average molecular weight is 245 g/mol. The van der Waals surface area contributed by atoms with Gasteiger partial charge in [-0.1, -0.05) is 0 Å². The van der Waals surface area contributed by atoms with E-state index in [4.69, 9.17) is 5.11 Å². The van der Waals surface area contributed by atoms with Gasteiger partial charge in [0.1, 0.15) is 15.0 Å². The summed E-state index contributed by atoms with van der Waals surface area (Å²) >= 11 is 4.73. The van der Waals surface area contributed by atoms with Gasteiger partial charge in [-0.25, -0.2) is 9.97 Å². The van der Waals surface area contributed by atoms with Gasteiger partial charge in [0, 0.05) is 5.56 Å². The maximum atomic E-state index is 8.99. The molecule has 5 heteroatoms. The number of halogens is 1. The molecule has 0 atom stereocenters. The van der Waals surface area contributed by atoms with E-state index < -0.39 is 0 Å². The summed E-state index contributed by atoms with van der Waals surface area (Å²) in [5.41, 5.74) is 3.34. The molecule has 0 amide bonds. The summed E-state index contributed by atoms with van der Waals surface area (Å²) in [6, 6.07) is 1.78. The SMILES string of the molecule is OCc1cc(Br)nc2scnc12. The Balaban J connectivity index is 2.80. The van der Waals surface area contributed by atoms with Gasteiger partial charge >= 0.3 is 0 Å². The molecule has 0 saturated carbocycles. The quantitative estimate of drug-likeness (QED) is 0.781. The largest absolute Gasteiger partial charge is 0.392 e. The number of hydrogen-bond acceptors (Lipinski definition) is 4. The molecular formula is C7H5BrN2OS. The topological polar surface area (TPSA) is 46.0 Å². The fraction of sp³-hybridized carbons (Fsp3) is 0.143. The maximum absolute atomic E-state index is 8.99. The molecule has 0 aliphatic rings. The third kappa shape index (κ3) is 1.24. The summed E-state index contributed by atoms with van der Waals surface area (Å²) in [6.45, 7) is 0.00134. The van der Waals surface area contributed by atoms with Crippen molar-refractivity contribution < 1.29 is 5.11 Å². The van der Waals surface area contributed by atoms with Crippen molar-refractivity contribution in [3.63, 3.8) is 0 Å². The number of nitrogens with zero attached hydrogens (tertiary/aromatic N) is 2. The predicted octanol–water partition coefficient (Wildman–Crippen LogP) is 1.95. The van der Waals surface area contributed by atoms with Crippen molar-refractivity contribution in [3.05, 3.63) is 21.7 Å². The highest BCUT2D eigenvalue weighted by molar-refractivity contribution is 9.10. The Kier molecular flexibility index (Phi) is 2.08. The second-order valence-electron chi connectivity index (χ2n) is 2.27. The van der Waals surface area contributed by atoms with Crippen molar-refractivity contribution in [1.29, 1.82) is 0 Å². The standard InChI is InChI=1S/C7H5BrN2OS/c8-5-1-4(2-11)6-7(10-5)12-3-9-6/h1,3,11H,2H2. The van der Waals surface area contributed by atoms with Crippen LogP contribution < -0.4 is 0 Å². The molecule has 62 valence electrons. The lowest BCUT2D eigenvalue weighted by Gasteiger charge is -1.97. The van der Waals surface area contributed by atoms with Crippen LogP contribution in [-0.2, 0) is 6.61 Å². The molecule has 0 radical (unpaired) electrons. The van der Waals surface area contributed by atoms with Crippen LogP contribution in [0.4, 0.5) is 0 Å². The predicted molar refractivity (Wildman–Crippen MR) is 51.0 cm³/mol. The lowest BCUT2D eigenvalue weighted by molar-refractivity contribution is 0.283. The fourth-order valence-electron chi connectivity index (χ4n) is 1.00. The van der Waals surface area contributed by atoms with Crippen molar-refractivity contribution in [2.45, 2.75) is 6.61 Å². The van der Waals surface area contributed by atoms with Gasteiger partial charge in [-0.15, -0.1) is 11.3 Å². The minimum Gasteiger partial charge on any atom is -0.392 e. The van der Waals surface area contributed by atoms with Gasteiger partial charge in [0.2, 0.25) is 0 Å². The zero-order chi connectivity index (χ0) is 8.55. The fourth-order valence-corrected chi connectivity index (χ4v) is 2.28. The molecule has 0 fully saturated rings. The molecule has 0 aliphatic heterocycles. The van der Waals surface area contributed by atoms with E-state index in [9.17, 15) is 0 Å². The van der Waals surface area contributed by atoms with Gasteiger partial charge in [0.15, 0.2) is 0 Å². The summed E-state index contributed by atoms with van der Waals surface area (Å²) < 4.78 is 0.739. The Hall–Kier alpha value is -0.520. The van der Waals surface area contributed by atoms with E-state index in [-0.39, 0.29) is 6.61 Å². The van der Waals surface area contributed by atoms with Gasteiger partial charge in [-0.3, -0.25) is 0 Å². The number of aromatic nitrogens is 2. The molecule has 3 nitrogen and oxygen atoms in total. The van der Waals surface area contributed by atoms with Crippen LogP contribution in [0.25, 0.3) is 10.3 Å². The normalized spacial score (nSPS) is 10.8. The van der Waals surface area contributed by atoms with Gasteiger partial charge in [-0.05, 0) is 22.0 Å². The van der Waals surface area contributed by atoms with Gasteiger partial charge < -0.3 is 5.11 Å². The van der Waals surface area contributed by atoms with E-state index in [0.717, 1.165) is 20.5 Å². The maximum Gasteiger partial charge on any atom is 0.144 e. The van der Waals surface area contributed by atoms with E-state index in [1.807, 2.05) is 0 Å². The second kappa shape index (κ2) is 3.08. The Morgan fingerprint density at radius 2 is 2.42 bits per heavy atom. The summed E-state index contributed by atoms with van der Waals surface area (Å²) in [5.74, 6) is 0. The smallest absolute Gasteiger partial charge is 0.144 e. The van der Waals surface area contributed by atoms with Crippen molar-refractivity contribution >= 4 is 37.6 Å². The molecule has 2 aromatic heterocycles. The molecule has 0 aliphatic carbocycles. The van der Waals surface area contributed by atoms with E-state index in [1.54, 1.807) is 11.6 Å². The average Bonchev–Trinajstić information content (AvgIpc) is 2.50. The third-order valence-corrected chi connectivity index (χ3v) is 2.65. The molecule has 12 heavy (non-hydrogen) atoms. The molecule has 2 rings (SSSR count). The Labute approximate surface area is 81.2 Å². The first-order valence-corrected chi connectivity index (χ1v) is 4.98. The number of aliphatic hydroxyl groups is 1. The van der Waals surface area contributed by atoms with Crippen LogP contribution in [0.3, 0.4) is 0 Å². The first kappa shape index (κ1) is 8.10. The minimum atomic E-state index is 0.00134. The van der Waals surface area contributed by atoms with E-state index in [2.05, 4.69) is 25.9 Å². The van der Waals surface area contributed by atoms with Gasteiger partial charge in [0.05, 0.1) is 12.1 Å². The van der Waals surface area contributed by atoms with Crippen LogP contribution >= 0.6 is 27.3 Å². The monoisotopic (exact) mass is 244 g/mol. The Morgan fingerprint density at radius 1 is 1.58 bits per heavy atom. The Morgan fingerprint density at radius 3 is 3.17 bits per heavy atom. The Bertz CT molecular complexity index is 415. The lowest BCUT2D eigenvalue weighted by atomic mass is 10.2. The summed E-state index contributed by atoms with van der Waals surface area (Å²) in [7, 11) is 0. The zero-order valence-electron chi connectivity index (χ0n) is 5.99. The molecule has 0 saturated heterocycles. The van der Waals surface area contributed by atoms with Crippen molar-refractivity contribution in [2.75, 3.05) is 0 Å². The number of rotatable bonds is 1. The van der Waals surface area contributed by atoms with Crippen molar-refractivity contribution in [3.8, 4) is 0 Å². The number of thiazole rings is 1. The molecule has 2 heterocycles. The molecule has 0 spiro atoms. The van der Waals surface area contributed by atoms with Gasteiger partial charge in [-0.2, -0.15) is 0 Å². The van der Waals surface area contributed by atoms with E-state index >= 15 is 0 Å². The summed E-state index contributed by atoms with van der Waals surface area (Å²) in [5, 5.41) is 8.99. The van der Waals surface area contributed by atoms with Crippen LogP contribution in [0.2, 0.25) is 0 Å². The highest BCUT2D eigenvalue weighted by Crippen LogP contribution is 2.22. The second-order valence-corrected chi connectivity index (χ2v) is 3.91. The zero-order valence-corrected chi connectivity index (χ0v) is 8.39. The van der Waals surface area contributed by atoms with Crippen molar-refractivity contribution in [2.24, 2.45) is 0 Å². The van der Waals surface area contributed by atoms with Crippen molar-refractivity contribution in [1.82, 2.24) is 9.97 Å². The van der Waals surface area contributed by atoms with Crippen LogP contribution in [0.15, 0.2) is 16.2 Å². The highest BCUT2D eigenvalue weighted by atomic mass is 79.9. The number of hydrogen-bond donors (Lipinski definition) is 1. The van der Waals surface area contributed by atoms with E-state index in [0.29, 0.717) is 0 Å². The molecule has 1 N–H and O–H groups in total. The molecule has 0 bridgehead atoms. The van der Waals surface area contributed by atoms with Crippen LogP contribution in [0.1, 0.15) is 5.56 Å². The molecule has 0 aromatic carbocycles.